The Hall–Kier alpha value is -1.58. The second-order valence-corrected chi connectivity index (χ2v) is 2.98. The molecule has 1 aromatic rings. The molecule has 14 heavy (non-hydrogen) atoms. The minimum Gasteiger partial charge on any atom is -0.508 e. The molecular weight excluding hydrogens is 185 g/mol. The quantitative estimate of drug-likeness (QED) is 0.782. The molecule has 0 saturated heterocycles. The fourth-order valence-electron chi connectivity index (χ4n) is 1.03. The van der Waals surface area contributed by atoms with Crippen molar-refractivity contribution in [1.29, 1.82) is 0 Å². The van der Waals surface area contributed by atoms with E-state index in [9.17, 15) is 9.18 Å². The molecule has 0 unspecified atom stereocenters. The van der Waals surface area contributed by atoms with E-state index in [4.69, 9.17) is 5.11 Å². The number of halogens is 1. The van der Waals surface area contributed by atoms with Crippen molar-refractivity contribution in [3.05, 3.63) is 29.6 Å². The number of phenols is 1. The van der Waals surface area contributed by atoms with Gasteiger partial charge in [-0.2, -0.15) is 0 Å². The van der Waals surface area contributed by atoms with Crippen LogP contribution < -0.4 is 0 Å². The molecule has 1 rings (SSSR count). The van der Waals surface area contributed by atoms with Crippen LogP contribution in [0.15, 0.2) is 18.2 Å². The topological polar surface area (TPSA) is 40.5 Å². The average molecular weight is 197 g/mol. The molecular formula is C10H12FNO2. The normalized spacial score (nSPS) is 9.93. The fourth-order valence-corrected chi connectivity index (χ4v) is 1.03. The fraction of sp³-hybridized carbons (Fsp3) is 0.300. The van der Waals surface area contributed by atoms with Crippen molar-refractivity contribution in [1.82, 2.24) is 4.90 Å². The zero-order valence-electron chi connectivity index (χ0n) is 8.12. The predicted molar refractivity (Wildman–Crippen MR) is 50.7 cm³/mol. The molecule has 1 aromatic carbocycles. The molecule has 0 aliphatic carbocycles. The third kappa shape index (κ3) is 2.02. The first-order valence-corrected chi connectivity index (χ1v) is 4.30. The van der Waals surface area contributed by atoms with Crippen molar-refractivity contribution in [2.75, 3.05) is 13.6 Å². The smallest absolute Gasteiger partial charge is 0.256 e. The summed E-state index contributed by atoms with van der Waals surface area (Å²) < 4.78 is 13.2. The third-order valence-corrected chi connectivity index (χ3v) is 2.00. The van der Waals surface area contributed by atoms with Crippen molar-refractivity contribution in [3.63, 3.8) is 0 Å². The largest absolute Gasteiger partial charge is 0.508 e. The summed E-state index contributed by atoms with van der Waals surface area (Å²) in [7, 11) is 1.59. The zero-order valence-corrected chi connectivity index (χ0v) is 8.12. The Balaban J connectivity index is 3.02. The molecule has 0 spiro atoms. The lowest BCUT2D eigenvalue weighted by atomic mass is 10.2. The first-order chi connectivity index (χ1) is 6.56. The van der Waals surface area contributed by atoms with Gasteiger partial charge in [0.15, 0.2) is 0 Å². The molecule has 1 N–H and O–H groups in total. The molecule has 4 heteroatoms. The third-order valence-electron chi connectivity index (χ3n) is 2.00. The first-order valence-electron chi connectivity index (χ1n) is 4.30. The monoisotopic (exact) mass is 197 g/mol. The Morgan fingerprint density at radius 3 is 2.71 bits per heavy atom. The van der Waals surface area contributed by atoms with Crippen molar-refractivity contribution < 1.29 is 14.3 Å². The number of aromatic hydroxyl groups is 1. The van der Waals surface area contributed by atoms with Crippen molar-refractivity contribution in [2.24, 2.45) is 0 Å². The maximum absolute atomic E-state index is 13.2. The number of phenolic OH excluding ortho intramolecular Hbond substituents is 1. The Labute approximate surface area is 81.8 Å². The van der Waals surface area contributed by atoms with Gasteiger partial charge in [-0.3, -0.25) is 4.79 Å². The van der Waals surface area contributed by atoms with Crippen LogP contribution in [-0.2, 0) is 0 Å². The lowest BCUT2D eigenvalue weighted by Crippen LogP contribution is -2.26. The van der Waals surface area contributed by atoms with Crippen LogP contribution in [0.2, 0.25) is 0 Å². The van der Waals surface area contributed by atoms with E-state index in [-0.39, 0.29) is 17.2 Å². The molecule has 0 radical (unpaired) electrons. The summed E-state index contributed by atoms with van der Waals surface area (Å²) in [5.74, 6) is -1.27. The molecule has 0 aliphatic heterocycles. The number of hydrogen-bond donors (Lipinski definition) is 1. The van der Waals surface area contributed by atoms with E-state index in [0.717, 1.165) is 6.07 Å². The van der Waals surface area contributed by atoms with Crippen LogP contribution in [0.5, 0.6) is 5.75 Å². The van der Waals surface area contributed by atoms with Gasteiger partial charge in [0.1, 0.15) is 11.6 Å². The van der Waals surface area contributed by atoms with Crippen LogP contribution in [0.1, 0.15) is 17.3 Å². The Morgan fingerprint density at radius 1 is 1.57 bits per heavy atom. The predicted octanol–water partition coefficient (Wildman–Crippen LogP) is 1.62. The highest BCUT2D eigenvalue weighted by atomic mass is 19.1. The van der Waals surface area contributed by atoms with Crippen LogP contribution in [0, 0.1) is 5.82 Å². The van der Waals surface area contributed by atoms with Gasteiger partial charge in [0.05, 0.1) is 5.56 Å². The maximum Gasteiger partial charge on any atom is 0.256 e. The average Bonchev–Trinajstić information content (AvgIpc) is 2.15. The molecule has 1 amide bonds. The van der Waals surface area contributed by atoms with Gasteiger partial charge in [0, 0.05) is 19.7 Å². The SMILES string of the molecule is CCN(C)C(=O)c1ccc(O)cc1F. The van der Waals surface area contributed by atoms with Gasteiger partial charge in [-0.15, -0.1) is 0 Å². The number of hydrogen-bond acceptors (Lipinski definition) is 2. The summed E-state index contributed by atoms with van der Waals surface area (Å²) in [6.07, 6.45) is 0. The van der Waals surface area contributed by atoms with Crippen LogP contribution in [-0.4, -0.2) is 29.5 Å². The molecule has 0 bridgehead atoms. The standard InChI is InChI=1S/C10H12FNO2/c1-3-12(2)10(14)8-5-4-7(13)6-9(8)11/h4-6,13H,3H2,1-2H3. The molecule has 76 valence electrons. The molecule has 0 aliphatic rings. The highest BCUT2D eigenvalue weighted by molar-refractivity contribution is 5.94. The lowest BCUT2D eigenvalue weighted by Gasteiger charge is -2.14. The van der Waals surface area contributed by atoms with Gasteiger partial charge in [-0.05, 0) is 19.1 Å². The van der Waals surface area contributed by atoms with Gasteiger partial charge < -0.3 is 10.0 Å². The highest BCUT2D eigenvalue weighted by Gasteiger charge is 2.14. The molecule has 0 atom stereocenters. The van der Waals surface area contributed by atoms with Crippen LogP contribution in [0.25, 0.3) is 0 Å². The summed E-state index contributed by atoms with van der Waals surface area (Å²) in [5.41, 5.74) is -0.0212. The zero-order chi connectivity index (χ0) is 10.7. The van der Waals surface area contributed by atoms with Gasteiger partial charge in [-0.25, -0.2) is 4.39 Å². The number of benzene rings is 1. The second kappa shape index (κ2) is 4.09. The number of carbonyl (C=O) groups excluding carboxylic acids is 1. The number of carbonyl (C=O) groups is 1. The maximum atomic E-state index is 13.2. The molecule has 0 heterocycles. The van der Waals surface area contributed by atoms with E-state index in [1.54, 1.807) is 14.0 Å². The van der Waals surface area contributed by atoms with E-state index in [0.29, 0.717) is 6.54 Å². The minimum absolute atomic E-state index is 0.0212. The van der Waals surface area contributed by atoms with Crippen molar-refractivity contribution in [2.45, 2.75) is 6.92 Å². The van der Waals surface area contributed by atoms with Crippen LogP contribution in [0.3, 0.4) is 0 Å². The first kappa shape index (κ1) is 10.5. The Bertz CT molecular complexity index is 352. The minimum atomic E-state index is -0.699. The Kier molecular flexibility index (Phi) is 3.06. The van der Waals surface area contributed by atoms with E-state index >= 15 is 0 Å². The highest BCUT2D eigenvalue weighted by Crippen LogP contribution is 2.16. The molecule has 0 aromatic heterocycles. The number of amides is 1. The van der Waals surface area contributed by atoms with Crippen molar-refractivity contribution >= 4 is 5.91 Å². The summed E-state index contributed by atoms with van der Waals surface area (Å²) in [5, 5.41) is 8.95. The Morgan fingerprint density at radius 2 is 2.21 bits per heavy atom. The summed E-state index contributed by atoms with van der Waals surface area (Å²) >= 11 is 0. The van der Waals surface area contributed by atoms with E-state index in [1.807, 2.05) is 0 Å². The van der Waals surface area contributed by atoms with Gasteiger partial charge in [-0.1, -0.05) is 0 Å². The summed E-state index contributed by atoms with van der Waals surface area (Å²) in [6, 6.07) is 3.50. The van der Waals surface area contributed by atoms with Crippen LogP contribution >= 0.6 is 0 Å². The molecule has 0 saturated carbocycles. The summed E-state index contributed by atoms with van der Waals surface area (Å²) in [4.78, 5) is 12.9. The van der Waals surface area contributed by atoms with Gasteiger partial charge in [0.25, 0.3) is 5.91 Å². The summed E-state index contributed by atoms with van der Waals surface area (Å²) in [6.45, 7) is 2.31. The van der Waals surface area contributed by atoms with E-state index < -0.39 is 5.82 Å². The van der Waals surface area contributed by atoms with Gasteiger partial charge >= 0.3 is 0 Å². The van der Waals surface area contributed by atoms with E-state index in [2.05, 4.69) is 0 Å². The number of nitrogens with zero attached hydrogens (tertiary/aromatic N) is 1. The lowest BCUT2D eigenvalue weighted by molar-refractivity contribution is 0.0798. The molecule has 0 fully saturated rings. The number of rotatable bonds is 2. The van der Waals surface area contributed by atoms with Crippen LogP contribution in [0.4, 0.5) is 4.39 Å². The second-order valence-electron chi connectivity index (χ2n) is 2.98. The van der Waals surface area contributed by atoms with Crippen molar-refractivity contribution in [3.8, 4) is 5.75 Å². The van der Waals surface area contributed by atoms with E-state index in [1.165, 1.54) is 17.0 Å². The molecule has 3 nitrogen and oxygen atoms in total. The van der Waals surface area contributed by atoms with Gasteiger partial charge in [0.2, 0.25) is 0 Å².